The Hall–Kier alpha value is -3.56. The van der Waals surface area contributed by atoms with Gasteiger partial charge in [-0.3, -0.25) is 0 Å². The molecule has 2 amide bonds. The summed E-state index contributed by atoms with van der Waals surface area (Å²) < 4.78 is 19.3. The monoisotopic (exact) mass is 410 g/mol. The lowest BCUT2D eigenvalue weighted by molar-refractivity contribution is -0.139. The molecule has 10 heteroatoms. The largest absolute Gasteiger partial charge is 0.460 e. The maximum Gasteiger partial charge on any atom is 0.412 e. The van der Waals surface area contributed by atoms with Crippen molar-refractivity contribution < 1.29 is 38.1 Å². The predicted octanol–water partition coefficient (Wildman–Crippen LogP) is 2.09. The standard InChI is InChI=1S/C19H26N2O8/c1-12(2)16(22)26-9-7-20-18(24)28-14(5)11-15(6)29-19(25)21-8-10-27-17(23)13(3)4/h1,3,5-11H2,2,4H3,(H,20,24)(H,21,25). The number of nitrogens with one attached hydrogen (secondary N) is 2. The number of rotatable bonds is 12. The molecule has 160 valence electrons. The molecule has 29 heavy (non-hydrogen) atoms. The fourth-order valence-corrected chi connectivity index (χ4v) is 1.47. The second kappa shape index (κ2) is 13.6. The molecule has 10 nitrogen and oxygen atoms in total. The Bertz CT molecular complexity index is 638. The lowest BCUT2D eigenvalue weighted by atomic mass is 10.3. The highest BCUT2D eigenvalue weighted by Gasteiger charge is 2.11. The van der Waals surface area contributed by atoms with Gasteiger partial charge in [-0.2, -0.15) is 0 Å². The third-order valence-corrected chi connectivity index (χ3v) is 2.77. The maximum absolute atomic E-state index is 11.6. The van der Waals surface area contributed by atoms with Crippen LogP contribution in [0.3, 0.4) is 0 Å². The van der Waals surface area contributed by atoms with Crippen molar-refractivity contribution in [1.29, 1.82) is 0 Å². The van der Waals surface area contributed by atoms with Crippen molar-refractivity contribution in [2.45, 2.75) is 20.3 Å². The van der Waals surface area contributed by atoms with Crippen LogP contribution in [0.1, 0.15) is 20.3 Å². The Morgan fingerprint density at radius 2 is 1.03 bits per heavy atom. The molecule has 0 rings (SSSR count). The molecule has 2 N–H and O–H groups in total. The number of carbonyl (C=O) groups is 4. The third kappa shape index (κ3) is 13.3. The summed E-state index contributed by atoms with van der Waals surface area (Å²) in [6, 6.07) is 0. The summed E-state index contributed by atoms with van der Waals surface area (Å²) in [5.74, 6) is -1.17. The quantitative estimate of drug-likeness (QED) is 0.164. The Morgan fingerprint density at radius 3 is 1.34 bits per heavy atom. The van der Waals surface area contributed by atoms with Crippen LogP contribution in [0.4, 0.5) is 9.59 Å². The SMILES string of the molecule is C=C(CC(=C)OC(=O)NCCOC(=O)C(=C)C)OC(=O)NCCOC(=O)C(=C)C. The van der Waals surface area contributed by atoms with E-state index in [-0.39, 0.29) is 55.4 Å². The number of esters is 2. The van der Waals surface area contributed by atoms with E-state index in [2.05, 4.69) is 36.9 Å². The van der Waals surface area contributed by atoms with Gasteiger partial charge in [-0.15, -0.1) is 0 Å². The Balaban J connectivity index is 3.95. The van der Waals surface area contributed by atoms with E-state index in [0.717, 1.165) is 0 Å². The average Bonchev–Trinajstić information content (AvgIpc) is 2.61. The number of ether oxygens (including phenoxy) is 4. The molecule has 0 aromatic heterocycles. The predicted molar refractivity (Wildman–Crippen MR) is 103 cm³/mol. The average molecular weight is 410 g/mol. The van der Waals surface area contributed by atoms with Crippen LogP contribution in [-0.2, 0) is 28.5 Å². The van der Waals surface area contributed by atoms with Crippen molar-refractivity contribution >= 4 is 24.1 Å². The molecule has 0 saturated carbocycles. The molecule has 0 aromatic carbocycles. The maximum atomic E-state index is 11.6. The van der Waals surface area contributed by atoms with E-state index in [0.29, 0.717) is 0 Å². The van der Waals surface area contributed by atoms with Gasteiger partial charge in [0.15, 0.2) is 0 Å². The number of amides is 2. The van der Waals surface area contributed by atoms with Gasteiger partial charge >= 0.3 is 24.1 Å². The van der Waals surface area contributed by atoms with E-state index < -0.39 is 24.1 Å². The number of alkyl carbamates (subject to hydrolysis) is 2. The minimum absolute atomic E-state index is 0.0189. The molecule has 0 aliphatic heterocycles. The molecule has 0 heterocycles. The van der Waals surface area contributed by atoms with Crippen molar-refractivity contribution in [3.63, 3.8) is 0 Å². The first kappa shape index (κ1) is 25.4. The van der Waals surface area contributed by atoms with Crippen LogP contribution in [0.15, 0.2) is 49.0 Å². The fraction of sp³-hybridized carbons (Fsp3) is 0.368. The molecule has 0 spiro atoms. The summed E-state index contributed by atoms with van der Waals surface area (Å²) in [5.41, 5.74) is 0.493. The molecule has 0 unspecified atom stereocenters. The Morgan fingerprint density at radius 1 is 0.690 bits per heavy atom. The zero-order valence-electron chi connectivity index (χ0n) is 16.6. The minimum atomic E-state index is -0.821. The summed E-state index contributed by atoms with van der Waals surface area (Å²) in [6.45, 7) is 16.8. The second-order valence-corrected chi connectivity index (χ2v) is 5.72. The van der Waals surface area contributed by atoms with Gasteiger partial charge in [-0.05, 0) is 13.8 Å². The summed E-state index contributed by atoms with van der Waals surface area (Å²) in [7, 11) is 0. The first-order valence-corrected chi connectivity index (χ1v) is 8.45. The Labute approximate surface area is 169 Å². The van der Waals surface area contributed by atoms with Crippen LogP contribution in [0.25, 0.3) is 0 Å². The van der Waals surface area contributed by atoms with Crippen molar-refractivity contribution in [3.05, 3.63) is 49.0 Å². The molecule has 0 saturated heterocycles. The second-order valence-electron chi connectivity index (χ2n) is 5.72. The molecule has 0 radical (unpaired) electrons. The van der Waals surface area contributed by atoms with Gasteiger partial charge in [-0.1, -0.05) is 26.3 Å². The molecule has 0 fully saturated rings. The first-order chi connectivity index (χ1) is 13.5. The van der Waals surface area contributed by atoms with E-state index in [9.17, 15) is 19.2 Å². The van der Waals surface area contributed by atoms with Crippen molar-refractivity contribution in [1.82, 2.24) is 10.6 Å². The molecular weight excluding hydrogens is 384 g/mol. The Kier molecular flexibility index (Phi) is 11.9. The summed E-state index contributed by atoms with van der Waals surface area (Å²) >= 11 is 0. The van der Waals surface area contributed by atoms with Crippen LogP contribution < -0.4 is 10.6 Å². The molecule has 0 aliphatic carbocycles. The topological polar surface area (TPSA) is 129 Å². The van der Waals surface area contributed by atoms with E-state index in [1.807, 2.05) is 0 Å². The highest BCUT2D eigenvalue weighted by Crippen LogP contribution is 2.10. The van der Waals surface area contributed by atoms with Crippen LogP contribution >= 0.6 is 0 Å². The van der Waals surface area contributed by atoms with Gasteiger partial charge in [0.1, 0.15) is 24.7 Å². The number of carbonyl (C=O) groups excluding carboxylic acids is 4. The van der Waals surface area contributed by atoms with Gasteiger partial charge in [0.05, 0.1) is 19.5 Å². The zero-order valence-corrected chi connectivity index (χ0v) is 16.6. The normalized spacial score (nSPS) is 9.45. The van der Waals surface area contributed by atoms with Crippen molar-refractivity contribution in [3.8, 4) is 0 Å². The summed E-state index contributed by atoms with van der Waals surface area (Å²) in [4.78, 5) is 45.4. The zero-order chi connectivity index (χ0) is 22.4. The van der Waals surface area contributed by atoms with Crippen LogP contribution in [0.5, 0.6) is 0 Å². The van der Waals surface area contributed by atoms with Gasteiger partial charge < -0.3 is 29.6 Å². The highest BCUT2D eigenvalue weighted by atomic mass is 16.6. The molecule has 0 aromatic rings. The lowest BCUT2D eigenvalue weighted by Crippen LogP contribution is -2.29. The minimum Gasteiger partial charge on any atom is -0.460 e. The first-order valence-electron chi connectivity index (χ1n) is 8.45. The molecule has 0 aliphatic rings. The van der Waals surface area contributed by atoms with Gasteiger partial charge in [0.25, 0.3) is 0 Å². The summed E-state index contributed by atoms with van der Waals surface area (Å²) in [6.07, 6.45) is -1.76. The van der Waals surface area contributed by atoms with E-state index in [1.165, 1.54) is 13.8 Å². The third-order valence-electron chi connectivity index (χ3n) is 2.77. The van der Waals surface area contributed by atoms with Crippen LogP contribution in [0.2, 0.25) is 0 Å². The summed E-state index contributed by atoms with van der Waals surface area (Å²) in [5, 5.41) is 4.69. The smallest absolute Gasteiger partial charge is 0.412 e. The van der Waals surface area contributed by atoms with Crippen molar-refractivity contribution in [2.24, 2.45) is 0 Å². The van der Waals surface area contributed by atoms with E-state index in [4.69, 9.17) is 18.9 Å². The fourth-order valence-electron chi connectivity index (χ4n) is 1.47. The lowest BCUT2D eigenvalue weighted by Gasteiger charge is -2.11. The van der Waals surface area contributed by atoms with Crippen LogP contribution in [-0.4, -0.2) is 50.4 Å². The number of hydrogen-bond acceptors (Lipinski definition) is 8. The van der Waals surface area contributed by atoms with E-state index >= 15 is 0 Å². The molecule has 0 bridgehead atoms. The molecular formula is C19H26N2O8. The highest BCUT2D eigenvalue weighted by molar-refractivity contribution is 5.87. The van der Waals surface area contributed by atoms with E-state index in [1.54, 1.807) is 0 Å². The van der Waals surface area contributed by atoms with Crippen LogP contribution in [0, 0.1) is 0 Å². The number of hydrogen-bond donors (Lipinski definition) is 2. The van der Waals surface area contributed by atoms with Crippen molar-refractivity contribution in [2.75, 3.05) is 26.3 Å². The molecule has 0 atom stereocenters. The van der Waals surface area contributed by atoms with Gasteiger partial charge in [0.2, 0.25) is 0 Å². The van der Waals surface area contributed by atoms with Gasteiger partial charge in [-0.25, -0.2) is 19.2 Å². The van der Waals surface area contributed by atoms with Gasteiger partial charge in [0, 0.05) is 11.1 Å².